The molecular weight excluding hydrogens is 531 g/mol. The molecule has 0 aromatic carbocycles. The lowest BCUT2D eigenvalue weighted by Gasteiger charge is -2.34. The van der Waals surface area contributed by atoms with Crippen molar-refractivity contribution in [3.05, 3.63) is 41.4 Å². The highest BCUT2D eigenvalue weighted by atomic mass is 127. The number of amides is 1. The van der Waals surface area contributed by atoms with Gasteiger partial charge in [0.2, 0.25) is 11.9 Å². The summed E-state index contributed by atoms with van der Waals surface area (Å²) in [7, 11) is 5.67. The third-order valence-electron chi connectivity index (χ3n) is 5.14. The SMILES string of the molecule is CN=C(NCCC(=O)N1CCN(c2ncccn2)CC1)N(C)Cc1cc(Cl)cn1C.I. The number of nitrogens with one attached hydrogen (secondary N) is 1. The van der Waals surface area contributed by atoms with Gasteiger partial charge in [0.15, 0.2) is 5.96 Å². The Morgan fingerprint density at radius 2 is 1.94 bits per heavy atom. The van der Waals surface area contributed by atoms with Crippen LogP contribution in [0.2, 0.25) is 5.02 Å². The molecule has 11 heteroatoms. The molecule has 0 saturated carbocycles. The monoisotopic (exact) mass is 560 g/mol. The molecule has 0 radical (unpaired) electrons. The highest BCUT2D eigenvalue weighted by Crippen LogP contribution is 2.14. The van der Waals surface area contributed by atoms with Crippen LogP contribution in [0, 0.1) is 0 Å². The van der Waals surface area contributed by atoms with Gasteiger partial charge in [0.05, 0.1) is 11.6 Å². The van der Waals surface area contributed by atoms with Gasteiger partial charge < -0.3 is 24.6 Å². The number of piperazine rings is 1. The largest absolute Gasteiger partial charge is 0.356 e. The van der Waals surface area contributed by atoms with Crippen molar-refractivity contribution in [2.24, 2.45) is 12.0 Å². The van der Waals surface area contributed by atoms with Gasteiger partial charge in [-0.05, 0) is 12.1 Å². The fourth-order valence-corrected chi connectivity index (χ4v) is 3.75. The summed E-state index contributed by atoms with van der Waals surface area (Å²) >= 11 is 6.06. The van der Waals surface area contributed by atoms with Gasteiger partial charge in [0, 0.05) is 84.6 Å². The standard InChI is InChI=1S/C20H29ClN8O.HI/c1-22-19(27(3)15-17-13-16(21)14-26(17)2)25-8-5-18(30)28-9-11-29(12-10-28)20-23-6-4-7-24-20;/h4,6-7,13-14H,5,8-12,15H2,1-3H3,(H,22,25);1H. The lowest BCUT2D eigenvalue weighted by atomic mass is 10.3. The van der Waals surface area contributed by atoms with Crippen LogP contribution in [0.4, 0.5) is 5.95 Å². The quantitative estimate of drug-likeness (QED) is 0.330. The molecule has 3 heterocycles. The van der Waals surface area contributed by atoms with E-state index in [0.717, 1.165) is 30.7 Å². The van der Waals surface area contributed by atoms with Crippen molar-refractivity contribution in [3.8, 4) is 0 Å². The summed E-state index contributed by atoms with van der Waals surface area (Å²) in [5, 5.41) is 3.99. The predicted molar refractivity (Wildman–Crippen MR) is 134 cm³/mol. The molecule has 9 nitrogen and oxygen atoms in total. The first kappa shape index (κ1) is 25.2. The fourth-order valence-electron chi connectivity index (χ4n) is 3.48. The van der Waals surface area contributed by atoms with Gasteiger partial charge in [0.25, 0.3) is 0 Å². The Labute approximate surface area is 205 Å². The molecule has 0 aliphatic carbocycles. The highest BCUT2D eigenvalue weighted by molar-refractivity contribution is 14.0. The summed E-state index contributed by atoms with van der Waals surface area (Å²) in [6.07, 6.45) is 5.78. The highest BCUT2D eigenvalue weighted by Gasteiger charge is 2.22. The van der Waals surface area contributed by atoms with Crippen molar-refractivity contribution < 1.29 is 4.79 Å². The van der Waals surface area contributed by atoms with Crippen LogP contribution in [0.1, 0.15) is 12.1 Å². The second kappa shape index (κ2) is 12.1. The van der Waals surface area contributed by atoms with Crippen LogP contribution in [0.25, 0.3) is 0 Å². The average molecular weight is 561 g/mol. The van der Waals surface area contributed by atoms with Crippen molar-refractivity contribution in [2.75, 3.05) is 51.7 Å². The molecule has 2 aromatic rings. The van der Waals surface area contributed by atoms with Crippen LogP contribution in [0.5, 0.6) is 0 Å². The van der Waals surface area contributed by atoms with Crippen LogP contribution >= 0.6 is 35.6 Å². The number of rotatable bonds is 6. The number of hydrogen-bond acceptors (Lipinski definition) is 5. The van der Waals surface area contributed by atoms with Gasteiger partial charge in [-0.1, -0.05) is 11.6 Å². The van der Waals surface area contributed by atoms with E-state index in [4.69, 9.17) is 11.6 Å². The van der Waals surface area contributed by atoms with E-state index in [-0.39, 0.29) is 29.9 Å². The normalized spacial score (nSPS) is 14.3. The van der Waals surface area contributed by atoms with E-state index >= 15 is 0 Å². The number of aromatic nitrogens is 3. The molecule has 3 rings (SSSR count). The number of carbonyl (C=O) groups is 1. The van der Waals surface area contributed by atoms with E-state index in [0.29, 0.717) is 37.6 Å². The molecule has 1 saturated heterocycles. The first-order valence-corrected chi connectivity index (χ1v) is 10.4. The summed E-state index contributed by atoms with van der Waals surface area (Å²) in [4.78, 5) is 31.5. The Balaban J connectivity index is 0.00000341. The zero-order valence-electron chi connectivity index (χ0n) is 18.2. The smallest absolute Gasteiger partial charge is 0.225 e. The van der Waals surface area contributed by atoms with Crippen LogP contribution in [0.3, 0.4) is 0 Å². The third kappa shape index (κ3) is 6.96. The third-order valence-corrected chi connectivity index (χ3v) is 5.34. The molecule has 1 N–H and O–H groups in total. The topological polar surface area (TPSA) is 81.9 Å². The van der Waals surface area contributed by atoms with Gasteiger partial charge in [-0.25, -0.2) is 9.97 Å². The molecule has 170 valence electrons. The lowest BCUT2D eigenvalue weighted by Crippen LogP contribution is -2.50. The molecule has 1 aliphatic heterocycles. The molecule has 0 atom stereocenters. The molecule has 1 fully saturated rings. The molecule has 0 unspecified atom stereocenters. The summed E-state index contributed by atoms with van der Waals surface area (Å²) in [5.41, 5.74) is 1.08. The number of halogens is 2. The molecule has 2 aromatic heterocycles. The molecular formula is C20H30ClIN8O. The Morgan fingerprint density at radius 3 is 2.52 bits per heavy atom. The zero-order valence-corrected chi connectivity index (χ0v) is 21.2. The number of guanidine groups is 1. The number of carbonyl (C=O) groups excluding carboxylic acids is 1. The first-order valence-electron chi connectivity index (χ1n) is 10.00. The maximum atomic E-state index is 12.6. The van der Waals surface area contributed by atoms with Crippen LogP contribution in [0.15, 0.2) is 35.7 Å². The Bertz CT molecular complexity index is 867. The van der Waals surface area contributed by atoms with Crippen LogP contribution in [-0.4, -0.2) is 83.0 Å². The molecule has 1 amide bonds. The number of hydrogen-bond donors (Lipinski definition) is 1. The summed E-state index contributed by atoms with van der Waals surface area (Å²) in [6, 6.07) is 3.74. The predicted octanol–water partition coefficient (Wildman–Crippen LogP) is 1.83. The van der Waals surface area contributed by atoms with E-state index < -0.39 is 0 Å². The Hall–Kier alpha value is -2.08. The van der Waals surface area contributed by atoms with E-state index in [1.165, 1.54) is 0 Å². The van der Waals surface area contributed by atoms with Gasteiger partial charge in [-0.3, -0.25) is 9.79 Å². The fraction of sp³-hybridized carbons (Fsp3) is 0.500. The maximum absolute atomic E-state index is 12.6. The molecule has 1 aliphatic rings. The summed E-state index contributed by atoms with van der Waals surface area (Å²) in [6.45, 7) is 4.05. The molecule has 0 bridgehead atoms. The van der Waals surface area contributed by atoms with Gasteiger partial charge in [-0.15, -0.1) is 24.0 Å². The first-order chi connectivity index (χ1) is 14.5. The number of aryl methyl sites for hydroxylation is 1. The van der Waals surface area contributed by atoms with Crippen molar-refractivity contribution in [1.82, 2.24) is 29.7 Å². The number of aliphatic imine (C=N–C) groups is 1. The van der Waals surface area contributed by atoms with Crippen molar-refractivity contribution in [3.63, 3.8) is 0 Å². The van der Waals surface area contributed by atoms with E-state index in [1.807, 2.05) is 40.7 Å². The second-order valence-electron chi connectivity index (χ2n) is 7.26. The van der Waals surface area contributed by atoms with E-state index in [2.05, 4.69) is 25.2 Å². The lowest BCUT2D eigenvalue weighted by molar-refractivity contribution is -0.131. The van der Waals surface area contributed by atoms with Crippen molar-refractivity contribution in [1.29, 1.82) is 0 Å². The van der Waals surface area contributed by atoms with Crippen LogP contribution < -0.4 is 10.2 Å². The second-order valence-corrected chi connectivity index (χ2v) is 7.69. The van der Waals surface area contributed by atoms with E-state index in [1.54, 1.807) is 25.5 Å². The summed E-state index contributed by atoms with van der Waals surface area (Å²) < 4.78 is 2.00. The number of nitrogens with zero attached hydrogens (tertiary/aromatic N) is 7. The minimum atomic E-state index is 0. The minimum Gasteiger partial charge on any atom is -0.356 e. The molecule has 31 heavy (non-hydrogen) atoms. The number of anilines is 1. The van der Waals surface area contributed by atoms with E-state index in [9.17, 15) is 4.79 Å². The van der Waals surface area contributed by atoms with Crippen molar-refractivity contribution >= 4 is 53.4 Å². The average Bonchev–Trinajstić information content (AvgIpc) is 3.08. The van der Waals surface area contributed by atoms with Gasteiger partial charge >= 0.3 is 0 Å². The summed E-state index contributed by atoms with van der Waals surface area (Å²) in [5.74, 6) is 1.60. The van der Waals surface area contributed by atoms with Crippen molar-refractivity contribution in [2.45, 2.75) is 13.0 Å². The Kier molecular flexibility index (Phi) is 9.82. The minimum absolute atomic E-state index is 0. The van der Waals surface area contributed by atoms with Gasteiger partial charge in [-0.2, -0.15) is 0 Å². The molecule has 0 spiro atoms. The Morgan fingerprint density at radius 1 is 1.26 bits per heavy atom. The van der Waals surface area contributed by atoms with Gasteiger partial charge in [0.1, 0.15) is 0 Å². The maximum Gasteiger partial charge on any atom is 0.225 e. The van der Waals surface area contributed by atoms with Crippen LogP contribution in [-0.2, 0) is 18.4 Å². The zero-order chi connectivity index (χ0) is 21.5.